The van der Waals surface area contributed by atoms with Crippen molar-refractivity contribution in [3.8, 4) is 11.4 Å². The molecular formula is C17H22ClN5O3. The predicted molar refractivity (Wildman–Crippen MR) is 96.7 cm³/mol. The van der Waals surface area contributed by atoms with E-state index in [1.807, 2.05) is 6.92 Å². The van der Waals surface area contributed by atoms with Crippen molar-refractivity contribution in [2.75, 3.05) is 6.54 Å². The third-order valence-electron chi connectivity index (χ3n) is 3.87. The van der Waals surface area contributed by atoms with Gasteiger partial charge in [0.2, 0.25) is 11.7 Å². The lowest BCUT2D eigenvalue weighted by Crippen LogP contribution is -2.34. The van der Waals surface area contributed by atoms with E-state index in [4.69, 9.17) is 16.7 Å². The molecular weight excluding hydrogens is 358 g/mol. The van der Waals surface area contributed by atoms with E-state index in [1.54, 1.807) is 24.3 Å². The first-order valence-corrected chi connectivity index (χ1v) is 8.94. The van der Waals surface area contributed by atoms with Gasteiger partial charge in [-0.3, -0.25) is 9.59 Å². The number of tetrazole rings is 1. The van der Waals surface area contributed by atoms with Crippen molar-refractivity contribution < 1.29 is 14.7 Å². The van der Waals surface area contributed by atoms with Crippen LogP contribution in [0.4, 0.5) is 0 Å². The summed E-state index contributed by atoms with van der Waals surface area (Å²) in [6.45, 7) is 2.37. The number of unbranched alkanes of at least 4 members (excludes halogenated alkanes) is 2. The Morgan fingerprint density at radius 1 is 1.23 bits per heavy atom. The lowest BCUT2D eigenvalue weighted by Gasteiger charge is -2.13. The summed E-state index contributed by atoms with van der Waals surface area (Å²) in [6, 6.07) is 6.53. The van der Waals surface area contributed by atoms with Gasteiger partial charge in [-0.1, -0.05) is 24.9 Å². The van der Waals surface area contributed by atoms with Gasteiger partial charge in [-0.05, 0) is 48.7 Å². The number of rotatable bonds is 10. The fourth-order valence-corrected chi connectivity index (χ4v) is 2.56. The molecule has 8 nitrogen and oxygen atoms in total. The van der Waals surface area contributed by atoms with Gasteiger partial charge in [0.15, 0.2) is 6.04 Å². The van der Waals surface area contributed by atoms with Gasteiger partial charge in [0, 0.05) is 23.6 Å². The highest BCUT2D eigenvalue weighted by Crippen LogP contribution is 2.18. The number of nitrogens with zero attached hydrogens (tertiary/aromatic N) is 4. The summed E-state index contributed by atoms with van der Waals surface area (Å²) in [5.74, 6) is -0.541. The minimum atomic E-state index is -0.797. The van der Waals surface area contributed by atoms with E-state index in [-0.39, 0.29) is 12.3 Å². The molecule has 1 amide bonds. The van der Waals surface area contributed by atoms with E-state index in [2.05, 4.69) is 20.7 Å². The van der Waals surface area contributed by atoms with E-state index in [0.717, 1.165) is 18.4 Å². The van der Waals surface area contributed by atoms with Crippen LogP contribution in [0, 0.1) is 0 Å². The highest BCUT2D eigenvalue weighted by Gasteiger charge is 2.21. The number of aromatic nitrogens is 4. The van der Waals surface area contributed by atoms with Gasteiger partial charge in [-0.15, -0.1) is 10.2 Å². The number of halogens is 1. The maximum Gasteiger partial charge on any atom is 0.303 e. The highest BCUT2D eigenvalue weighted by atomic mass is 35.5. The third-order valence-corrected chi connectivity index (χ3v) is 4.12. The quantitative estimate of drug-likeness (QED) is 0.614. The summed E-state index contributed by atoms with van der Waals surface area (Å²) >= 11 is 5.87. The molecule has 0 bridgehead atoms. The third kappa shape index (κ3) is 5.80. The number of carboxylic acids is 1. The molecule has 0 fully saturated rings. The zero-order valence-corrected chi connectivity index (χ0v) is 15.3. The van der Waals surface area contributed by atoms with Crippen molar-refractivity contribution in [2.45, 2.75) is 45.1 Å². The average Bonchev–Trinajstić information content (AvgIpc) is 3.08. The molecule has 1 aromatic heterocycles. The van der Waals surface area contributed by atoms with Crippen molar-refractivity contribution in [1.82, 2.24) is 25.5 Å². The molecule has 0 aliphatic carbocycles. The molecule has 1 unspecified atom stereocenters. The van der Waals surface area contributed by atoms with E-state index in [0.29, 0.717) is 30.2 Å². The summed E-state index contributed by atoms with van der Waals surface area (Å²) in [5, 5.41) is 24.4. The molecule has 0 aliphatic rings. The van der Waals surface area contributed by atoms with E-state index in [9.17, 15) is 9.59 Å². The number of hydrogen-bond donors (Lipinski definition) is 2. The lowest BCUT2D eigenvalue weighted by molar-refractivity contribution is -0.137. The molecule has 0 aliphatic heterocycles. The smallest absolute Gasteiger partial charge is 0.303 e. The zero-order chi connectivity index (χ0) is 18.9. The maximum atomic E-state index is 12.4. The number of benzene rings is 1. The summed E-state index contributed by atoms with van der Waals surface area (Å²) in [6.07, 6.45) is 2.78. The Balaban J connectivity index is 1.88. The second-order valence-electron chi connectivity index (χ2n) is 5.86. The van der Waals surface area contributed by atoms with Gasteiger partial charge in [0.05, 0.1) is 0 Å². The molecule has 2 rings (SSSR count). The standard InChI is InChI=1S/C17H22ClN5O3/c1-2-14(17(26)19-11-5-3-4-6-15(24)25)23-21-16(20-22-23)12-7-9-13(18)10-8-12/h7-10,14H,2-6,11H2,1H3,(H,19,26)(H,24,25). The first-order chi connectivity index (χ1) is 12.5. The van der Waals surface area contributed by atoms with Crippen LogP contribution in [-0.4, -0.2) is 43.7 Å². The van der Waals surface area contributed by atoms with Crippen LogP contribution in [0.3, 0.4) is 0 Å². The molecule has 0 saturated carbocycles. The Bertz CT molecular complexity index is 732. The first-order valence-electron chi connectivity index (χ1n) is 8.56. The van der Waals surface area contributed by atoms with Crippen LogP contribution in [0.25, 0.3) is 11.4 Å². The van der Waals surface area contributed by atoms with E-state index >= 15 is 0 Å². The normalized spacial score (nSPS) is 11.9. The van der Waals surface area contributed by atoms with Crippen LogP contribution in [0.2, 0.25) is 5.02 Å². The zero-order valence-electron chi connectivity index (χ0n) is 14.6. The topological polar surface area (TPSA) is 110 Å². The fourth-order valence-electron chi connectivity index (χ4n) is 2.43. The number of aliphatic carboxylic acids is 1. The van der Waals surface area contributed by atoms with Crippen LogP contribution >= 0.6 is 11.6 Å². The summed E-state index contributed by atoms with van der Waals surface area (Å²) < 4.78 is 0. The summed E-state index contributed by atoms with van der Waals surface area (Å²) in [7, 11) is 0. The molecule has 0 radical (unpaired) electrons. The molecule has 2 aromatic rings. The van der Waals surface area contributed by atoms with Gasteiger partial charge >= 0.3 is 5.97 Å². The van der Waals surface area contributed by atoms with Crippen molar-refractivity contribution in [3.05, 3.63) is 29.3 Å². The summed E-state index contributed by atoms with van der Waals surface area (Å²) in [5.41, 5.74) is 0.773. The van der Waals surface area contributed by atoms with E-state index < -0.39 is 12.0 Å². The minimum absolute atomic E-state index is 0.155. The van der Waals surface area contributed by atoms with Crippen molar-refractivity contribution >= 4 is 23.5 Å². The van der Waals surface area contributed by atoms with Crippen LogP contribution in [0.5, 0.6) is 0 Å². The van der Waals surface area contributed by atoms with E-state index in [1.165, 1.54) is 4.80 Å². The first kappa shape index (κ1) is 19.8. The van der Waals surface area contributed by atoms with Gasteiger partial charge in [0.25, 0.3) is 0 Å². The molecule has 0 spiro atoms. The molecule has 26 heavy (non-hydrogen) atoms. The highest BCUT2D eigenvalue weighted by molar-refractivity contribution is 6.30. The van der Waals surface area contributed by atoms with Gasteiger partial charge < -0.3 is 10.4 Å². The molecule has 1 aromatic carbocycles. The number of nitrogens with one attached hydrogen (secondary N) is 1. The largest absolute Gasteiger partial charge is 0.481 e. The lowest BCUT2D eigenvalue weighted by atomic mass is 10.2. The predicted octanol–water partition coefficient (Wildman–Crippen LogP) is 2.71. The second-order valence-corrected chi connectivity index (χ2v) is 6.30. The molecule has 0 saturated heterocycles. The number of amides is 1. The number of carboxylic acid groups (broad SMARTS) is 1. The molecule has 9 heteroatoms. The van der Waals surface area contributed by atoms with Crippen LogP contribution in [0.15, 0.2) is 24.3 Å². The Kier molecular flexibility index (Phi) is 7.53. The van der Waals surface area contributed by atoms with Crippen molar-refractivity contribution in [1.29, 1.82) is 0 Å². The SMILES string of the molecule is CCC(C(=O)NCCCCCC(=O)O)n1nnc(-c2ccc(Cl)cc2)n1. The Morgan fingerprint density at radius 2 is 1.96 bits per heavy atom. The number of carbonyl (C=O) groups is 2. The monoisotopic (exact) mass is 379 g/mol. The minimum Gasteiger partial charge on any atom is -0.481 e. The van der Waals surface area contributed by atoms with Crippen LogP contribution in [0.1, 0.15) is 45.1 Å². The number of carbonyl (C=O) groups excluding carboxylic acids is 1. The fraction of sp³-hybridized carbons (Fsp3) is 0.471. The van der Waals surface area contributed by atoms with Crippen LogP contribution < -0.4 is 5.32 Å². The molecule has 2 N–H and O–H groups in total. The van der Waals surface area contributed by atoms with Gasteiger partial charge in [-0.25, -0.2) is 0 Å². The van der Waals surface area contributed by atoms with Crippen molar-refractivity contribution in [2.24, 2.45) is 0 Å². The molecule has 140 valence electrons. The Labute approximate surface area is 156 Å². The molecule has 1 atom stereocenters. The Morgan fingerprint density at radius 3 is 2.62 bits per heavy atom. The average molecular weight is 380 g/mol. The number of hydrogen-bond acceptors (Lipinski definition) is 5. The second kappa shape index (κ2) is 9.86. The molecule has 1 heterocycles. The van der Waals surface area contributed by atoms with Crippen LogP contribution in [-0.2, 0) is 9.59 Å². The maximum absolute atomic E-state index is 12.4. The van der Waals surface area contributed by atoms with Gasteiger partial charge in [0.1, 0.15) is 0 Å². The summed E-state index contributed by atoms with van der Waals surface area (Å²) in [4.78, 5) is 24.1. The Hall–Kier alpha value is -2.48. The van der Waals surface area contributed by atoms with Crippen molar-refractivity contribution in [3.63, 3.8) is 0 Å². The van der Waals surface area contributed by atoms with Gasteiger partial charge in [-0.2, -0.15) is 4.80 Å².